The normalized spacial score (nSPS) is 11.3. The van der Waals surface area contributed by atoms with Gasteiger partial charge in [-0.25, -0.2) is 9.18 Å². The summed E-state index contributed by atoms with van der Waals surface area (Å²) in [6.45, 7) is 5.30. The number of carbonyl (C=O) groups is 1. The highest BCUT2D eigenvalue weighted by Gasteiger charge is 2.18. The molecule has 2 rings (SSSR count). The van der Waals surface area contributed by atoms with Crippen LogP contribution in [0.5, 0.6) is 0 Å². The van der Waals surface area contributed by atoms with Gasteiger partial charge >= 0.3 is 6.09 Å². The van der Waals surface area contributed by atoms with Crippen molar-refractivity contribution in [3.63, 3.8) is 0 Å². The Hall–Kier alpha value is -1.54. The molecule has 5 nitrogen and oxygen atoms in total. The van der Waals surface area contributed by atoms with E-state index in [0.29, 0.717) is 20.2 Å². The zero-order valence-corrected chi connectivity index (χ0v) is 14.0. The summed E-state index contributed by atoms with van der Waals surface area (Å²) < 4.78 is 19.0. The number of halogens is 2. The Morgan fingerprint density at radius 2 is 2.10 bits per heavy atom. The standard InChI is InChI=1S/C13H13BrFN3O2S/c1-13(2,3)20-12(19)16-11-18-17-10(21-11)7-4-5-8(14)9(15)6-7/h4-6H,1-3H3,(H,16,18,19). The fourth-order valence-corrected chi connectivity index (χ4v) is 2.38. The average molecular weight is 374 g/mol. The van der Waals surface area contributed by atoms with Crippen LogP contribution >= 0.6 is 27.3 Å². The number of nitrogens with zero attached hydrogens (tertiary/aromatic N) is 2. The van der Waals surface area contributed by atoms with Crippen LogP contribution < -0.4 is 5.32 Å². The van der Waals surface area contributed by atoms with Crippen molar-refractivity contribution < 1.29 is 13.9 Å². The largest absolute Gasteiger partial charge is 0.444 e. The Morgan fingerprint density at radius 3 is 2.71 bits per heavy atom. The van der Waals surface area contributed by atoms with Crippen molar-refractivity contribution in [3.8, 4) is 10.6 Å². The molecule has 0 aliphatic heterocycles. The van der Waals surface area contributed by atoms with Crippen molar-refractivity contribution in [2.24, 2.45) is 0 Å². The van der Waals surface area contributed by atoms with Gasteiger partial charge in [-0.3, -0.25) is 5.32 Å². The molecule has 0 aliphatic rings. The molecular formula is C13H13BrFN3O2S. The first-order valence-corrected chi connectivity index (χ1v) is 7.64. The van der Waals surface area contributed by atoms with Gasteiger partial charge in [-0.15, -0.1) is 10.2 Å². The molecule has 0 unspecified atom stereocenters. The number of hydrogen-bond donors (Lipinski definition) is 1. The van der Waals surface area contributed by atoms with Crippen LogP contribution in [0.2, 0.25) is 0 Å². The monoisotopic (exact) mass is 373 g/mol. The minimum Gasteiger partial charge on any atom is -0.444 e. The quantitative estimate of drug-likeness (QED) is 0.843. The van der Waals surface area contributed by atoms with Crippen LogP contribution in [-0.4, -0.2) is 21.9 Å². The van der Waals surface area contributed by atoms with E-state index in [2.05, 4.69) is 31.4 Å². The first kappa shape index (κ1) is 15.8. The van der Waals surface area contributed by atoms with E-state index in [-0.39, 0.29) is 5.82 Å². The number of aromatic nitrogens is 2. The Bertz CT molecular complexity index is 670. The highest BCUT2D eigenvalue weighted by atomic mass is 79.9. The molecule has 0 atom stereocenters. The molecule has 1 aromatic carbocycles. The van der Waals surface area contributed by atoms with E-state index in [9.17, 15) is 9.18 Å². The molecule has 1 N–H and O–H groups in total. The van der Waals surface area contributed by atoms with Crippen LogP contribution in [0.15, 0.2) is 22.7 Å². The Labute approximate surface area is 133 Å². The molecule has 0 radical (unpaired) electrons. The molecule has 0 spiro atoms. The van der Waals surface area contributed by atoms with E-state index in [1.165, 1.54) is 6.07 Å². The summed E-state index contributed by atoms with van der Waals surface area (Å²) in [5.41, 5.74) is -0.00247. The third-order valence-corrected chi connectivity index (χ3v) is 3.73. The van der Waals surface area contributed by atoms with Gasteiger partial charge in [-0.1, -0.05) is 17.4 Å². The van der Waals surface area contributed by atoms with E-state index < -0.39 is 11.7 Å². The molecule has 1 heterocycles. The van der Waals surface area contributed by atoms with E-state index in [4.69, 9.17) is 4.74 Å². The van der Waals surface area contributed by atoms with Crippen molar-refractivity contribution in [1.29, 1.82) is 0 Å². The molecule has 1 amide bonds. The van der Waals surface area contributed by atoms with Crippen LogP contribution in [0.1, 0.15) is 20.8 Å². The maximum atomic E-state index is 13.5. The Morgan fingerprint density at radius 1 is 1.38 bits per heavy atom. The summed E-state index contributed by atoms with van der Waals surface area (Å²) in [4.78, 5) is 11.6. The number of nitrogens with one attached hydrogen (secondary N) is 1. The molecule has 0 fully saturated rings. The van der Waals surface area contributed by atoms with Crippen LogP contribution in [-0.2, 0) is 4.74 Å². The summed E-state index contributed by atoms with van der Waals surface area (Å²) in [7, 11) is 0. The van der Waals surface area contributed by atoms with Gasteiger partial charge in [0, 0.05) is 5.56 Å². The summed E-state index contributed by atoms with van der Waals surface area (Å²) in [5.74, 6) is -0.385. The number of hydrogen-bond acceptors (Lipinski definition) is 5. The number of benzene rings is 1. The molecule has 21 heavy (non-hydrogen) atoms. The minimum atomic E-state index is -0.604. The minimum absolute atomic E-state index is 0.294. The second-order valence-corrected chi connectivity index (χ2v) is 7.00. The summed E-state index contributed by atoms with van der Waals surface area (Å²) in [6.07, 6.45) is -0.604. The van der Waals surface area contributed by atoms with Crippen molar-refractivity contribution in [2.75, 3.05) is 5.32 Å². The summed E-state index contributed by atoms with van der Waals surface area (Å²) in [5, 5.41) is 11.1. The molecule has 112 valence electrons. The van der Waals surface area contributed by atoms with E-state index in [1.54, 1.807) is 32.9 Å². The second-order valence-electron chi connectivity index (χ2n) is 5.17. The molecule has 0 aliphatic carbocycles. The van der Waals surface area contributed by atoms with Crippen LogP contribution in [0.3, 0.4) is 0 Å². The van der Waals surface area contributed by atoms with E-state index in [0.717, 1.165) is 11.3 Å². The highest BCUT2D eigenvalue weighted by molar-refractivity contribution is 9.10. The zero-order valence-electron chi connectivity index (χ0n) is 11.6. The first-order chi connectivity index (χ1) is 9.74. The number of carbonyl (C=O) groups excluding carboxylic acids is 1. The van der Waals surface area contributed by atoms with Gasteiger partial charge in [-0.05, 0) is 48.8 Å². The molecule has 0 bridgehead atoms. The van der Waals surface area contributed by atoms with Crippen molar-refractivity contribution in [1.82, 2.24) is 10.2 Å². The van der Waals surface area contributed by atoms with Crippen LogP contribution in [0.4, 0.5) is 14.3 Å². The van der Waals surface area contributed by atoms with Gasteiger partial charge in [0.15, 0.2) is 0 Å². The lowest BCUT2D eigenvalue weighted by molar-refractivity contribution is 0.0636. The van der Waals surface area contributed by atoms with Crippen molar-refractivity contribution in [2.45, 2.75) is 26.4 Å². The van der Waals surface area contributed by atoms with Crippen LogP contribution in [0.25, 0.3) is 10.6 Å². The van der Waals surface area contributed by atoms with E-state index >= 15 is 0 Å². The molecule has 0 saturated carbocycles. The SMILES string of the molecule is CC(C)(C)OC(=O)Nc1nnc(-c2ccc(Br)c(F)c2)s1. The predicted octanol–water partition coefficient (Wildman–Crippen LogP) is 4.45. The fourth-order valence-electron chi connectivity index (χ4n) is 1.41. The topological polar surface area (TPSA) is 64.1 Å². The predicted molar refractivity (Wildman–Crippen MR) is 82.9 cm³/mol. The molecule has 1 aromatic heterocycles. The number of amides is 1. The maximum Gasteiger partial charge on any atom is 0.414 e. The number of ether oxygens (including phenoxy) is 1. The lowest BCUT2D eigenvalue weighted by atomic mass is 10.2. The fraction of sp³-hybridized carbons (Fsp3) is 0.308. The van der Waals surface area contributed by atoms with Gasteiger partial charge < -0.3 is 4.74 Å². The van der Waals surface area contributed by atoms with Gasteiger partial charge in [0.1, 0.15) is 16.4 Å². The molecule has 2 aromatic rings. The lowest BCUT2D eigenvalue weighted by Gasteiger charge is -2.18. The Kier molecular flexibility index (Phi) is 4.58. The lowest BCUT2D eigenvalue weighted by Crippen LogP contribution is -2.27. The first-order valence-electron chi connectivity index (χ1n) is 6.03. The van der Waals surface area contributed by atoms with Crippen LogP contribution in [0, 0.1) is 5.82 Å². The zero-order chi connectivity index (χ0) is 15.6. The van der Waals surface area contributed by atoms with Gasteiger partial charge in [-0.2, -0.15) is 0 Å². The van der Waals surface area contributed by atoms with Crippen molar-refractivity contribution in [3.05, 3.63) is 28.5 Å². The van der Waals surface area contributed by atoms with Gasteiger partial charge in [0.2, 0.25) is 5.13 Å². The van der Waals surface area contributed by atoms with Gasteiger partial charge in [0.05, 0.1) is 4.47 Å². The highest BCUT2D eigenvalue weighted by Crippen LogP contribution is 2.29. The molecule has 8 heteroatoms. The number of rotatable bonds is 2. The van der Waals surface area contributed by atoms with E-state index in [1.807, 2.05) is 0 Å². The summed E-state index contributed by atoms with van der Waals surface area (Å²) in [6, 6.07) is 4.65. The third-order valence-electron chi connectivity index (χ3n) is 2.20. The summed E-state index contributed by atoms with van der Waals surface area (Å²) >= 11 is 4.23. The van der Waals surface area contributed by atoms with Gasteiger partial charge in [0.25, 0.3) is 0 Å². The second kappa shape index (κ2) is 6.07. The molecule has 0 saturated heterocycles. The smallest absolute Gasteiger partial charge is 0.414 e. The average Bonchev–Trinajstić information content (AvgIpc) is 2.78. The molecular weight excluding hydrogens is 361 g/mol. The number of anilines is 1. The maximum absolute atomic E-state index is 13.5. The van der Waals surface area contributed by atoms with Crippen molar-refractivity contribution >= 4 is 38.5 Å². The third kappa shape index (κ3) is 4.47. The Balaban J connectivity index is 2.11.